The van der Waals surface area contributed by atoms with Crippen LogP contribution in [0.1, 0.15) is 34.3 Å². The lowest BCUT2D eigenvalue weighted by atomic mass is 10.0. The number of aromatic nitrogens is 2. The first-order chi connectivity index (χ1) is 12.9. The van der Waals surface area contributed by atoms with Gasteiger partial charge in [0.15, 0.2) is 0 Å². The maximum atomic E-state index is 12.8. The normalized spacial score (nSPS) is 19.2. The summed E-state index contributed by atoms with van der Waals surface area (Å²) in [5.41, 5.74) is 8.24. The van der Waals surface area contributed by atoms with Crippen molar-refractivity contribution in [1.29, 1.82) is 0 Å². The van der Waals surface area contributed by atoms with Crippen LogP contribution in [-0.2, 0) is 29.7 Å². The zero-order chi connectivity index (χ0) is 19.1. The van der Waals surface area contributed by atoms with Crippen LogP contribution in [0, 0.1) is 0 Å². The van der Waals surface area contributed by atoms with Gasteiger partial charge in [-0.05, 0) is 23.6 Å². The van der Waals surface area contributed by atoms with E-state index in [-0.39, 0.29) is 18.2 Å². The van der Waals surface area contributed by atoms with Crippen molar-refractivity contribution in [3.05, 3.63) is 41.0 Å². The second-order valence-corrected chi connectivity index (χ2v) is 6.77. The highest BCUT2D eigenvalue weighted by Gasteiger charge is 2.39. The Morgan fingerprint density at radius 3 is 2.85 bits per heavy atom. The van der Waals surface area contributed by atoms with Crippen molar-refractivity contribution in [2.24, 2.45) is 7.05 Å². The van der Waals surface area contributed by atoms with Crippen LogP contribution in [0.15, 0.2) is 24.3 Å². The number of nitrogens with zero attached hydrogens (tertiary/aromatic N) is 3. The molecule has 140 valence electrons. The minimum absolute atomic E-state index is 0.177. The fourth-order valence-corrected chi connectivity index (χ4v) is 3.57. The number of nitrogens with two attached hydrogens (primary N) is 1. The molecule has 2 aliphatic rings. The quantitative estimate of drug-likeness (QED) is 0.671. The van der Waals surface area contributed by atoms with Gasteiger partial charge in [0.2, 0.25) is 11.8 Å². The van der Waals surface area contributed by atoms with E-state index in [2.05, 4.69) is 15.7 Å². The van der Waals surface area contributed by atoms with E-state index in [1.54, 1.807) is 28.8 Å². The number of benzene rings is 1. The van der Waals surface area contributed by atoms with Crippen LogP contribution in [0.4, 0.5) is 11.6 Å². The summed E-state index contributed by atoms with van der Waals surface area (Å²) < 4.78 is 1.58. The summed E-state index contributed by atoms with van der Waals surface area (Å²) in [4.78, 5) is 37.9. The second-order valence-electron chi connectivity index (χ2n) is 6.77. The number of fused-ring (bicyclic) bond motifs is 1. The van der Waals surface area contributed by atoms with E-state index in [0.29, 0.717) is 36.7 Å². The molecular formula is C18H20N6O3. The second kappa shape index (κ2) is 6.42. The van der Waals surface area contributed by atoms with E-state index in [0.717, 1.165) is 11.1 Å². The SMILES string of the molecule is Cn1nc(NCc2cccc3c2CN(C2CCC(=O)NC2=O)C3=O)cc1N. The van der Waals surface area contributed by atoms with Gasteiger partial charge in [0, 0.05) is 38.2 Å². The lowest BCUT2D eigenvalue weighted by Crippen LogP contribution is -2.52. The molecule has 0 spiro atoms. The van der Waals surface area contributed by atoms with E-state index in [4.69, 9.17) is 5.73 Å². The lowest BCUT2D eigenvalue weighted by Gasteiger charge is -2.29. The van der Waals surface area contributed by atoms with Gasteiger partial charge in [-0.3, -0.25) is 24.4 Å². The highest BCUT2D eigenvalue weighted by molar-refractivity contribution is 6.05. The molecule has 1 saturated heterocycles. The fraction of sp³-hybridized carbons (Fsp3) is 0.333. The van der Waals surface area contributed by atoms with E-state index >= 15 is 0 Å². The largest absolute Gasteiger partial charge is 0.384 e. The van der Waals surface area contributed by atoms with Crippen molar-refractivity contribution in [1.82, 2.24) is 20.0 Å². The highest BCUT2D eigenvalue weighted by Crippen LogP contribution is 2.30. The van der Waals surface area contributed by atoms with Gasteiger partial charge in [-0.1, -0.05) is 12.1 Å². The molecule has 1 aromatic heterocycles. The zero-order valence-corrected chi connectivity index (χ0v) is 14.9. The number of amides is 3. The summed E-state index contributed by atoms with van der Waals surface area (Å²) in [6, 6.07) is 6.67. The molecular weight excluding hydrogens is 348 g/mol. The fourth-order valence-electron chi connectivity index (χ4n) is 3.57. The Bertz CT molecular complexity index is 931. The summed E-state index contributed by atoms with van der Waals surface area (Å²) in [6.07, 6.45) is 0.594. The molecule has 1 unspecified atom stereocenters. The zero-order valence-electron chi connectivity index (χ0n) is 14.9. The molecule has 4 N–H and O–H groups in total. The van der Waals surface area contributed by atoms with Crippen molar-refractivity contribution < 1.29 is 14.4 Å². The summed E-state index contributed by atoms with van der Waals surface area (Å²) >= 11 is 0. The van der Waals surface area contributed by atoms with E-state index in [1.165, 1.54) is 0 Å². The number of imide groups is 1. The van der Waals surface area contributed by atoms with Crippen molar-refractivity contribution in [2.45, 2.75) is 32.0 Å². The molecule has 27 heavy (non-hydrogen) atoms. The molecule has 0 aliphatic carbocycles. The molecule has 1 fully saturated rings. The van der Waals surface area contributed by atoms with Gasteiger partial charge in [-0.25, -0.2) is 0 Å². The van der Waals surface area contributed by atoms with E-state index in [9.17, 15) is 14.4 Å². The first-order valence-corrected chi connectivity index (χ1v) is 8.73. The van der Waals surface area contributed by atoms with Crippen molar-refractivity contribution >= 4 is 29.4 Å². The summed E-state index contributed by atoms with van der Waals surface area (Å²) in [7, 11) is 1.76. The Morgan fingerprint density at radius 2 is 2.15 bits per heavy atom. The third kappa shape index (κ3) is 3.01. The van der Waals surface area contributed by atoms with Crippen LogP contribution in [0.2, 0.25) is 0 Å². The van der Waals surface area contributed by atoms with Gasteiger partial charge >= 0.3 is 0 Å². The Hall–Kier alpha value is -3.36. The number of aryl methyl sites for hydroxylation is 1. The Labute approximate surface area is 155 Å². The van der Waals surface area contributed by atoms with Crippen molar-refractivity contribution in [2.75, 3.05) is 11.1 Å². The van der Waals surface area contributed by atoms with Crippen molar-refractivity contribution in [3.63, 3.8) is 0 Å². The van der Waals surface area contributed by atoms with Gasteiger partial charge in [0.05, 0.1) is 0 Å². The number of hydrogen-bond donors (Lipinski definition) is 3. The van der Waals surface area contributed by atoms with Crippen LogP contribution in [0.3, 0.4) is 0 Å². The molecule has 9 heteroatoms. The van der Waals surface area contributed by atoms with E-state index < -0.39 is 11.9 Å². The standard InChI is InChI=1S/C18H20N6O3/c1-23-14(19)7-15(22-23)20-8-10-3-2-4-11-12(10)9-24(18(11)27)13-5-6-16(25)21-17(13)26/h2-4,7,13H,5-6,8-9,19H2,1H3,(H,20,22)(H,21,25,26). The molecule has 2 aromatic rings. The molecule has 1 atom stereocenters. The minimum Gasteiger partial charge on any atom is -0.384 e. The number of hydrogen-bond acceptors (Lipinski definition) is 6. The predicted molar refractivity (Wildman–Crippen MR) is 97.4 cm³/mol. The molecule has 0 bridgehead atoms. The molecule has 3 heterocycles. The molecule has 0 radical (unpaired) electrons. The molecule has 4 rings (SSSR count). The maximum Gasteiger partial charge on any atom is 0.255 e. The number of carbonyl (C=O) groups is 3. The predicted octanol–water partition coefficient (Wildman–Crippen LogP) is 0.375. The van der Waals surface area contributed by atoms with Crippen LogP contribution in [0.5, 0.6) is 0 Å². The van der Waals surface area contributed by atoms with Crippen LogP contribution in [0.25, 0.3) is 0 Å². The first kappa shape index (κ1) is 17.1. The molecule has 9 nitrogen and oxygen atoms in total. The van der Waals surface area contributed by atoms with Crippen LogP contribution < -0.4 is 16.4 Å². The molecule has 1 aromatic carbocycles. The third-order valence-electron chi connectivity index (χ3n) is 5.06. The monoisotopic (exact) mass is 368 g/mol. The number of anilines is 2. The van der Waals surface area contributed by atoms with Crippen LogP contribution >= 0.6 is 0 Å². The number of nitrogens with one attached hydrogen (secondary N) is 2. The molecule has 3 amide bonds. The number of carbonyl (C=O) groups excluding carboxylic acids is 3. The number of piperidine rings is 1. The lowest BCUT2D eigenvalue weighted by molar-refractivity contribution is -0.136. The summed E-state index contributed by atoms with van der Waals surface area (Å²) in [5, 5.41) is 9.78. The van der Waals surface area contributed by atoms with Gasteiger partial charge in [-0.2, -0.15) is 5.10 Å². The number of rotatable bonds is 4. The number of nitrogen functional groups attached to an aromatic ring is 1. The van der Waals surface area contributed by atoms with Crippen molar-refractivity contribution in [3.8, 4) is 0 Å². The van der Waals surface area contributed by atoms with Gasteiger partial charge in [0.1, 0.15) is 17.7 Å². The summed E-state index contributed by atoms with van der Waals surface area (Å²) in [6.45, 7) is 0.832. The third-order valence-corrected chi connectivity index (χ3v) is 5.06. The van der Waals surface area contributed by atoms with E-state index in [1.807, 2.05) is 12.1 Å². The minimum atomic E-state index is -0.612. The Kier molecular flexibility index (Phi) is 4.06. The molecule has 2 aliphatic heterocycles. The van der Waals surface area contributed by atoms with Gasteiger partial charge in [0.25, 0.3) is 5.91 Å². The first-order valence-electron chi connectivity index (χ1n) is 8.73. The molecule has 0 saturated carbocycles. The smallest absolute Gasteiger partial charge is 0.255 e. The average molecular weight is 368 g/mol. The van der Waals surface area contributed by atoms with Crippen LogP contribution in [-0.4, -0.2) is 38.4 Å². The van der Waals surface area contributed by atoms with Gasteiger partial charge < -0.3 is 16.0 Å². The topological polar surface area (TPSA) is 122 Å². The Balaban J connectivity index is 1.53. The summed E-state index contributed by atoms with van der Waals surface area (Å²) in [5.74, 6) is 0.327. The highest BCUT2D eigenvalue weighted by atomic mass is 16.2. The Morgan fingerprint density at radius 1 is 1.33 bits per heavy atom. The average Bonchev–Trinajstić information content (AvgIpc) is 3.13. The van der Waals surface area contributed by atoms with Gasteiger partial charge in [-0.15, -0.1) is 0 Å². The maximum absolute atomic E-state index is 12.8.